The van der Waals surface area contributed by atoms with E-state index >= 15 is 0 Å². The maximum atomic E-state index is 12.0. The Morgan fingerprint density at radius 3 is 2.68 bits per heavy atom. The molecule has 0 aliphatic heterocycles. The number of nitrogens with zero attached hydrogens (tertiary/aromatic N) is 1. The number of hydrogen-bond acceptors (Lipinski definition) is 3. The Morgan fingerprint density at radius 1 is 1.26 bits per heavy atom. The van der Waals surface area contributed by atoms with Gasteiger partial charge in [-0.05, 0) is 24.3 Å². The highest BCUT2D eigenvalue weighted by Crippen LogP contribution is 2.21. The molecule has 0 aliphatic rings. The summed E-state index contributed by atoms with van der Waals surface area (Å²) in [7, 11) is 1.71. The topological polar surface area (TPSA) is 54.0 Å². The van der Waals surface area contributed by atoms with Crippen molar-refractivity contribution in [3.63, 3.8) is 0 Å². The van der Waals surface area contributed by atoms with Crippen LogP contribution < -0.4 is 10.6 Å². The molecule has 0 unspecified atom stereocenters. The minimum atomic E-state index is -0.292. The molecule has 0 bridgehead atoms. The molecule has 98 valence electrons. The monoisotopic (exact) mass is 295 g/mol. The van der Waals surface area contributed by atoms with Crippen molar-refractivity contribution >= 4 is 40.6 Å². The second-order valence-electron chi connectivity index (χ2n) is 3.77. The highest BCUT2D eigenvalue weighted by Gasteiger charge is 2.09. The molecular weight excluding hydrogens is 285 g/mol. The molecule has 2 aromatic rings. The van der Waals surface area contributed by atoms with Gasteiger partial charge in [0.05, 0.1) is 10.6 Å². The van der Waals surface area contributed by atoms with Crippen molar-refractivity contribution < 1.29 is 4.79 Å². The summed E-state index contributed by atoms with van der Waals surface area (Å²) in [5, 5.41) is 6.49. The number of aromatic nitrogens is 1. The summed E-state index contributed by atoms with van der Waals surface area (Å²) in [6, 6.07) is 8.46. The van der Waals surface area contributed by atoms with E-state index in [-0.39, 0.29) is 5.91 Å². The van der Waals surface area contributed by atoms with Gasteiger partial charge < -0.3 is 10.6 Å². The lowest BCUT2D eigenvalue weighted by Crippen LogP contribution is -2.12. The summed E-state index contributed by atoms with van der Waals surface area (Å²) in [6.45, 7) is 0. The van der Waals surface area contributed by atoms with E-state index in [1.807, 2.05) is 0 Å². The Kier molecular flexibility index (Phi) is 4.24. The average molecular weight is 296 g/mol. The lowest BCUT2D eigenvalue weighted by Gasteiger charge is -2.07. The molecule has 2 rings (SSSR count). The third-order valence-electron chi connectivity index (χ3n) is 2.42. The van der Waals surface area contributed by atoms with Crippen molar-refractivity contribution in [3.8, 4) is 0 Å². The molecule has 2 N–H and O–H groups in total. The highest BCUT2D eigenvalue weighted by atomic mass is 35.5. The summed E-state index contributed by atoms with van der Waals surface area (Å²) in [5.74, 6) is 0.236. The maximum Gasteiger partial charge on any atom is 0.257 e. The molecule has 0 aliphatic carbocycles. The van der Waals surface area contributed by atoms with Gasteiger partial charge in [0.2, 0.25) is 0 Å². The molecule has 0 saturated carbocycles. The summed E-state index contributed by atoms with van der Waals surface area (Å²) < 4.78 is 0. The van der Waals surface area contributed by atoms with E-state index in [4.69, 9.17) is 23.2 Å². The Hall–Kier alpha value is -1.78. The van der Waals surface area contributed by atoms with Crippen LogP contribution in [0.25, 0.3) is 0 Å². The molecule has 0 spiro atoms. The van der Waals surface area contributed by atoms with Crippen LogP contribution in [-0.2, 0) is 0 Å². The molecule has 1 amide bonds. The summed E-state index contributed by atoms with van der Waals surface area (Å²) in [6.07, 6.45) is 1.46. The number of carbonyl (C=O) groups excluding carboxylic acids is 1. The lowest BCUT2D eigenvalue weighted by molar-refractivity contribution is 0.102. The van der Waals surface area contributed by atoms with Crippen LogP contribution in [0.2, 0.25) is 10.0 Å². The van der Waals surface area contributed by atoms with Gasteiger partial charge in [0.15, 0.2) is 0 Å². The van der Waals surface area contributed by atoms with Gasteiger partial charge in [-0.15, -0.1) is 0 Å². The van der Waals surface area contributed by atoms with Crippen LogP contribution in [0, 0.1) is 0 Å². The maximum absolute atomic E-state index is 12.0. The smallest absolute Gasteiger partial charge is 0.257 e. The SMILES string of the molecule is CNc1ncc(C(=O)Nc2cccc(Cl)c2)cc1Cl. The second kappa shape index (κ2) is 5.91. The van der Waals surface area contributed by atoms with E-state index in [0.717, 1.165) is 0 Å². The van der Waals surface area contributed by atoms with Gasteiger partial charge in [-0.25, -0.2) is 4.98 Å². The normalized spacial score (nSPS) is 10.1. The van der Waals surface area contributed by atoms with Gasteiger partial charge >= 0.3 is 0 Å². The van der Waals surface area contributed by atoms with E-state index in [9.17, 15) is 4.79 Å². The molecule has 0 atom stereocenters. The molecule has 0 fully saturated rings. The molecule has 6 heteroatoms. The van der Waals surface area contributed by atoms with Crippen molar-refractivity contribution in [3.05, 3.63) is 52.1 Å². The molecule has 1 heterocycles. The predicted octanol–water partition coefficient (Wildman–Crippen LogP) is 3.68. The number of pyridine rings is 1. The molecule has 0 saturated heterocycles. The molecule has 1 aromatic heterocycles. The van der Waals surface area contributed by atoms with Crippen molar-refractivity contribution in [2.24, 2.45) is 0 Å². The zero-order valence-electron chi connectivity index (χ0n) is 10.1. The third-order valence-corrected chi connectivity index (χ3v) is 2.95. The van der Waals surface area contributed by atoms with Gasteiger partial charge in [0.1, 0.15) is 5.82 Å². The van der Waals surface area contributed by atoms with Crippen molar-refractivity contribution in [1.82, 2.24) is 4.98 Å². The first-order valence-electron chi connectivity index (χ1n) is 5.50. The van der Waals surface area contributed by atoms with Gasteiger partial charge in [-0.1, -0.05) is 29.3 Å². The zero-order valence-corrected chi connectivity index (χ0v) is 11.6. The highest BCUT2D eigenvalue weighted by molar-refractivity contribution is 6.33. The molecule has 19 heavy (non-hydrogen) atoms. The van der Waals surface area contributed by atoms with Crippen LogP contribution in [0.1, 0.15) is 10.4 Å². The Bertz CT molecular complexity index is 617. The van der Waals surface area contributed by atoms with E-state index in [2.05, 4.69) is 15.6 Å². The first kappa shape index (κ1) is 13.6. The van der Waals surface area contributed by atoms with E-state index in [1.165, 1.54) is 6.20 Å². The molecule has 1 aromatic carbocycles. The fourth-order valence-electron chi connectivity index (χ4n) is 1.52. The number of anilines is 2. The van der Waals surface area contributed by atoms with Crippen LogP contribution in [-0.4, -0.2) is 17.9 Å². The summed E-state index contributed by atoms with van der Waals surface area (Å²) in [5.41, 5.74) is 0.996. The summed E-state index contributed by atoms with van der Waals surface area (Å²) in [4.78, 5) is 16.1. The number of nitrogens with one attached hydrogen (secondary N) is 2. The zero-order chi connectivity index (χ0) is 13.8. The standard InChI is InChI=1S/C13H11Cl2N3O/c1-16-12-11(15)5-8(7-17-12)13(19)18-10-4-2-3-9(14)6-10/h2-7H,1H3,(H,16,17)(H,18,19). The van der Waals surface area contributed by atoms with Crippen LogP contribution >= 0.6 is 23.2 Å². The first-order chi connectivity index (χ1) is 9.10. The minimum absolute atomic E-state index is 0.292. The van der Waals surface area contributed by atoms with E-state index in [0.29, 0.717) is 27.1 Å². The molecular formula is C13H11Cl2N3O. The quantitative estimate of drug-likeness (QED) is 0.908. The molecule has 0 radical (unpaired) electrons. The van der Waals surface area contributed by atoms with Crippen LogP contribution in [0.15, 0.2) is 36.5 Å². The van der Waals surface area contributed by atoms with Crippen LogP contribution in [0.4, 0.5) is 11.5 Å². The van der Waals surface area contributed by atoms with Gasteiger partial charge in [0, 0.05) is 24.0 Å². The number of halogens is 2. The number of benzene rings is 1. The van der Waals surface area contributed by atoms with Crippen LogP contribution in [0.3, 0.4) is 0 Å². The summed E-state index contributed by atoms with van der Waals surface area (Å²) >= 11 is 11.8. The number of rotatable bonds is 3. The van der Waals surface area contributed by atoms with Gasteiger partial charge in [0.25, 0.3) is 5.91 Å². The fourth-order valence-corrected chi connectivity index (χ4v) is 1.97. The van der Waals surface area contributed by atoms with Crippen molar-refractivity contribution in [2.75, 3.05) is 17.7 Å². The van der Waals surface area contributed by atoms with Crippen molar-refractivity contribution in [2.45, 2.75) is 0 Å². The van der Waals surface area contributed by atoms with Crippen molar-refractivity contribution in [1.29, 1.82) is 0 Å². The average Bonchev–Trinajstić information content (AvgIpc) is 2.38. The van der Waals surface area contributed by atoms with Gasteiger partial charge in [-0.2, -0.15) is 0 Å². The first-order valence-corrected chi connectivity index (χ1v) is 6.26. The largest absolute Gasteiger partial charge is 0.372 e. The van der Waals surface area contributed by atoms with Gasteiger partial charge in [-0.3, -0.25) is 4.79 Å². The predicted molar refractivity (Wildman–Crippen MR) is 78.2 cm³/mol. The number of hydrogen-bond donors (Lipinski definition) is 2. The number of amides is 1. The van der Waals surface area contributed by atoms with E-state index < -0.39 is 0 Å². The van der Waals surface area contributed by atoms with Crippen LogP contribution in [0.5, 0.6) is 0 Å². The Labute approximate surface area is 120 Å². The minimum Gasteiger partial charge on any atom is -0.372 e. The third kappa shape index (κ3) is 3.36. The van der Waals surface area contributed by atoms with E-state index in [1.54, 1.807) is 37.4 Å². The Morgan fingerprint density at radius 2 is 2.05 bits per heavy atom. The second-order valence-corrected chi connectivity index (χ2v) is 4.61. The Balaban J connectivity index is 2.18. The lowest BCUT2D eigenvalue weighted by atomic mass is 10.2. The molecule has 4 nitrogen and oxygen atoms in total. The number of carbonyl (C=O) groups is 1. The fraction of sp³-hybridized carbons (Fsp3) is 0.0769.